The fraction of sp³-hybridized carbons (Fsp3) is 0.333. The molecule has 0 aromatic heterocycles. The number of nitrogens with one attached hydrogen (secondary N) is 1. The highest BCUT2D eigenvalue weighted by atomic mass is 32.2. The van der Waals surface area contributed by atoms with Crippen molar-refractivity contribution in [3.8, 4) is 5.75 Å². The minimum absolute atomic E-state index is 0.000296. The molecule has 1 saturated heterocycles. The molecule has 0 bridgehead atoms. The van der Waals surface area contributed by atoms with Crippen molar-refractivity contribution in [1.29, 1.82) is 0 Å². The second-order valence-corrected chi connectivity index (χ2v) is 9.57. The first-order chi connectivity index (χ1) is 16.2. The van der Waals surface area contributed by atoms with E-state index < -0.39 is 28.5 Å². The van der Waals surface area contributed by atoms with Crippen LogP contribution in [-0.2, 0) is 29.1 Å². The summed E-state index contributed by atoms with van der Waals surface area (Å²) >= 11 is 0. The molecule has 1 amide bonds. The topological polar surface area (TPSA) is 111 Å². The predicted octanol–water partition coefficient (Wildman–Crippen LogP) is 2.53. The molecular weight excluding hydrogens is 460 g/mol. The summed E-state index contributed by atoms with van der Waals surface area (Å²) < 4.78 is 42.9. The van der Waals surface area contributed by atoms with Gasteiger partial charge in [0.15, 0.2) is 6.61 Å². The number of hydrogen-bond acceptors (Lipinski definition) is 7. The van der Waals surface area contributed by atoms with Crippen LogP contribution < -0.4 is 10.1 Å². The van der Waals surface area contributed by atoms with Gasteiger partial charge in [-0.25, -0.2) is 13.2 Å². The molecule has 3 rings (SSSR count). The number of hydrogen-bond donors (Lipinski definition) is 1. The van der Waals surface area contributed by atoms with Gasteiger partial charge < -0.3 is 19.5 Å². The standard InChI is InChI=1S/C24H28N2O7S/c1-17-5-4-6-20(18(17)2)25-23(27)16-33-24(28)10-8-19-7-9-21(31-3)22(15-19)34(29,30)26-11-13-32-14-12-26/h4-10,15H,11-14,16H2,1-3H3,(H,25,27)/b10-8+. The number of benzene rings is 2. The molecule has 1 fully saturated rings. The second-order valence-electron chi connectivity index (χ2n) is 7.66. The molecule has 9 nitrogen and oxygen atoms in total. The Morgan fingerprint density at radius 3 is 2.59 bits per heavy atom. The Labute approximate surface area is 199 Å². The Morgan fingerprint density at radius 1 is 1.15 bits per heavy atom. The molecule has 182 valence electrons. The Kier molecular flexibility index (Phi) is 8.43. The Bertz CT molecular complexity index is 1190. The van der Waals surface area contributed by atoms with Gasteiger partial charge in [-0.2, -0.15) is 4.31 Å². The van der Waals surface area contributed by atoms with Crippen molar-refractivity contribution in [2.45, 2.75) is 18.7 Å². The van der Waals surface area contributed by atoms with Crippen LogP contribution in [0.4, 0.5) is 5.69 Å². The Balaban J connectivity index is 1.64. The molecule has 1 aliphatic heterocycles. The average Bonchev–Trinajstić information content (AvgIpc) is 2.84. The Hall–Kier alpha value is -3.21. The van der Waals surface area contributed by atoms with E-state index in [0.717, 1.165) is 17.2 Å². The van der Waals surface area contributed by atoms with Crippen LogP contribution in [0.5, 0.6) is 5.75 Å². The number of ether oxygens (including phenoxy) is 3. The smallest absolute Gasteiger partial charge is 0.331 e. The highest BCUT2D eigenvalue weighted by Gasteiger charge is 2.29. The van der Waals surface area contributed by atoms with Gasteiger partial charge in [0.1, 0.15) is 10.6 Å². The van der Waals surface area contributed by atoms with Crippen molar-refractivity contribution in [3.05, 3.63) is 59.2 Å². The SMILES string of the molecule is COc1ccc(/C=C/C(=O)OCC(=O)Nc2cccc(C)c2C)cc1S(=O)(=O)N1CCOCC1. The van der Waals surface area contributed by atoms with Crippen LogP contribution in [0.3, 0.4) is 0 Å². The van der Waals surface area contributed by atoms with Gasteiger partial charge in [0, 0.05) is 24.9 Å². The maximum atomic E-state index is 13.1. The van der Waals surface area contributed by atoms with Crippen LogP contribution in [-0.4, -0.2) is 64.6 Å². The molecule has 1 heterocycles. The van der Waals surface area contributed by atoms with E-state index >= 15 is 0 Å². The molecule has 2 aromatic rings. The first kappa shape index (κ1) is 25.4. The third-order valence-electron chi connectivity index (χ3n) is 5.41. The lowest BCUT2D eigenvalue weighted by molar-refractivity contribution is -0.142. The number of carbonyl (C=O) groups is 2. The van der Waals surface area contributed by atoms with Crippen LogP contribution in [0.25, 0.3) is 6.08 Å². The lowest BCUT2D eigenvalue weighted by Crippen LogP contribution is -2.40. The summed E-state index contributed by atoms with van der Waals surface area (Å²) in [5, 5.41) is 2.71. The van der Waals surface area contributed by atoms with Gasteiger partial charge in [-0.15, -0.1) is 0 Å². The van der Waals surface area contributed by atoms with E-state index in [0.29, 0.717) is 24.5 Å². The maximum Gasteiger partial charge on any atom is 0.331 e. The van der Waals surface area contributed by atoms with Gasteiger partial charge in [0.05, 0.1) is 20.3 Å². The van der Waals surface area contributed by atoms with Crippen LogP contribution in [0.2, 0.25) is 0 Å². The van der Waals surface area contributed by atoms with Crippen molar-refractivity contribution < 1.29 is 32.2 Å². The minimum atomic E-state index is -3.80. The zero-order valence-corrected chi connectivity index (χ0v) is 20.2. The average molecular weight is 489 g/mol. The molecule has 0 aliphatic carbocycles. The summed E-state index contributed by atoms with van der Waals surface area (Å²) in [6.07, 6.45) is 2.56. The molecule has 1 aliphatic rings. The number of aryl methyl sites for hydroxylation is 1. The summed E-state index contributed by atoms with van der Waals surface area (Å²) in [4.78, 5) is 24.2. The molecule has 1 N–H and O–H groups in total. The molecule has 2 aromatic carbocycles. The molecule has 0 unspecified atom stereocenters. The summed E-state index contributed by atoms with van der Waals surface area (Å²) in [5.41, 5.74) is 3.09. The quantitative estimate of drug-likeness (QED) is 0.449. The van der Waals surface area contributed by atoms with Crippen molar-refractivity contribution >= 4 is 33.7 Å². The van der Waals surface area contributed by atoms with Crippen LogP contribution in [0, 0.1) is 13.8 Å². The minimum Gasteiger partial charge on any atom is -0.495 e. The van der Waals surface area contributed by atoms with E-state index in [4.69, 9.17) is 14.2 Å². The van der Waals surface area contributed by atoms with E-state index in [1.165, 1.54) is 29.6 Å². The summed E-state index contributed by atoms with van der Waals surface area (Å²) in [6, 6.07) is 10.1. The lowest BCUT2D eigenvalue weighted by atomic mass is 10.1. The number of sulfonamides is 1. The summed E-state index contributed by atoms with van der Waals surface area (Å²) in [7, 11) is -2.41. The van der Waals surface area contributed by atoms with Crippen molar-refractivity contribution in [2.75, 3.05) is 45.3 Å². The van der Waals surface area contributed by atoms with Crippen molar-refractivity contribution in [3.63, 3.8) is 0 Å². The first-order valence-electron chi connectivity index (χ1n) is 10.7. The number of methoxy groups -OCH3 is 1. The monoisotopic (exact) mass is 488 g/mol. The van der Waals surface area contributed by atoms with Gasteiger partial charge in [-0.05, 0) is 54.8 Å². The van der Waals surface area contributed by atoms with Crippen LogP contribution >= 0.6 is 0 Å². The highest BCUT2D eigenvalue weighted by Crippen LogP contribution is 2.29. The lowest BCUT2D eigenvalue weighted by Gasteiger charge is -2.26. The van der Waals surface area contributed by atoms with E-state index in [1.807, 2.05) is 26.0 Å². The molecule has 0 spiro atoms. The number of nitrogens with zero attached hydrogens (tertiary/aromatic N) is 1. The molecule has 0 radical (unpaired) electrons. The van der Waals surface area contributed by atoms with Gasteiger partial charge in [0.2, 0.25) is 10.0 Å². The summed E-state index contributed by atoms with van der Waals surface area (Å²) in [5.74, 6) is -0.988. The van der Waals surface area contributed by atoms with Crippen molar-refractivity contribution in [1.82, 2.24) is 4.31 Å². The fourth-order valence-corrected chi connectivity index (χ4v) is 4.95. The van der Waals surface area contributed by atoms with E-state index in [9.17, 15) is 18.0 Å². The highest BCUT2D eigenvalue weighted by molar-refractivity contribution is 7.89. The third kappa shape index (κ3) is 6.22. The second kappa shape index (κ2) is 11.3. The van der Waals surface area contributed by atoms with Crippen LogP contribution in [0.15, 0.2) is 47.4 Å². The molecule has 0 saturated carbocycles. The molecule has 0 atom stereocenters. The molecule has 10 heteroatoms. The number of amides is 1. The third-order valence-corrected chi connectivity index (χ3v) is 7.33. The van der Waals surface area contributed by atoms with Crippen LogP contribution in [0.1, 0.15) is 16.7 Å². The number of carbonyl (C=O) groups excluding carboxylic acids is 2. The number of morpholine rings is 1. The summed E-state index contributed by atoms with van der Waals surface area (Å²) in [6.45, 7) is 4.53. The van der Waals surface area contributed by atoms with Crippen molar-refractivity contribution in [2.24, 2.45) is 0 Å². The van der Waals surface area contributed by atoms with E-state index in [1.54, 1.807) is 12.1 Å². The van der Waals surface area contributed by atoms with E-state index in [2.05, 4.69) is 5.32 Å². The van der Waals surface area contributed by atoms with Gasteiger partial charge in [-0.3, -0.25) is 4.79 Å². The normalized spacial score (nSPS) is 14.7. The zero-order valence-electron chi connectivity index (χ0n) is 19.4. The number of anilines is 1. The van der Waals surface area contributed by atoms with E-state index in [-0.39, 0.29) is 23.7 Å². The van der Waals surface area contributed by atoms with Gasteiger partial charge >= 0.3 is 5.97 Å². The fourth-order valence-electron chi connectivity index (χ4n) is 3.35. The number of rotatable bonds is 8. The maximum absolute atomic E-state index is 13.1. The first-order valence-corrected chi connectivity index (χ1v) is 12.1. The van der Waals surface area contributed by atoms with Gasteiger partial charge in [0.25, 0.3) is 5.91 Å². The molecule has 34 heavy (non-hydrogen) atoms. The zero-order chi connectivity index (χ0) is 24.7. The predicted molar refractivity (Wildman–Crippen MR) is 127 cm³/mol. The molecular formula is C24H28N2O7S. The Morgan fingerprint density at radius 2 is 1.88 bits per heavy atom. The number of esters is 1. The largest absolute Gasteiger partial charge is 0.495 e. The van der Waals surface area contributed by atoms with Gasteiger partial charge in [-0.1, -0.05) is 18.2 Å².